The van der Waals surface area contributed by atoms with Crippen LogP contribution in [-0.4, -0.2) is 25.8 Å². The molecule has 3 heteroatoms. The van der Waals surface area contributed by atoms with Gasteiger partial charge in [-0.25, -0.2) is 0 Å². The van der Waals surface area contributed by atoms with Crippen molar-refractivity contribution in [2.45, 2.75) is 65.5 Å². The van der Waals surface area contributed by atoms with Gasteiger partial charge >= 0.3 is 0 Å². The first-order chi connectivity index (χ1) is 9.99. The van der Waals surface area contributed by atoms with Gasteiger partial charge in [-0.2, -0.15) is 0 Å². The summed E-state index contributed by atoms with van der Waals surface area (Å²) in [5.74, 6) is 0.946. The van der Waals surface area contributed by atoms with E-state index in [0.29, 0.717) is 24.4 Å². The number of hydrogen-bond acceptors (Lipinski definition) is 3. The Morgan fingerprint density at radius 1 is 1.38 bits per heavy atom. The average molecular weight is 294 g/mol. The molecule has 21 heavy (non-hydrogen) atoms. The van der Waals surface area contributed by atoms with Gasteiger partial charge < -0.3 is 14.2 Å². The minimum Gasteiger partial charge on any atom is -0.353 e. The maximum atomic E-state index is 6.35. The third-order valence-electron chi connectivity index (χ3n) is 6.52. The van der Waals surface area contributed by atoms with Crippen LogP contribution in [0, 0.1) is 23.2 Å². The van der Waals surface area contributed by atoms with E-state index >= 15 is 0 Å². The van der Waals surface area contributed by atoms with Gasteiger partial charge in [0.15, 0.2) is 12.1 Å². The van der Waals surface area contributed by atoms with Crippen molar-refractivity contribution >= 4 is 0 Å². The Morgan fingerprint density at radius 3 is 2.81 bits per heavy atom. The van der Waals surface area contributed by atoms with Crippen LogP contribution in [0.5, 0.6) is 0 Å². The molecule has 3 rings (SSSR count). The van der Waals surface area contributed by atoms with Gasteiger partial charge in [0.05, 0.1) is 0 Å². The van der Waals surface area contributed by atoms with Gasteiger partial charge in [0.1, 0.15) is 0 Å². The van der Waals surface area contributed by atoms with Crippen LogP contribution >= 0.6 is 0 Å². The van der Waals surface area contributed by atoms with Gasteiger partial charge in [-0.1, -0.05) is 32.4 Å². The van der Waals surface area contributed by atoms with Gasteiger partial charge in [0.2, 0.25) is 0 Å². The van der Waals surface area contributed by atoms with Gasteiger partial charge in [-0.05, 0) is 37.5 Å². The molecular formula is C18H30O3. The molecule has 0 aromatic rings. The molecule has 0 aromatic heterocycles. The van der Waals surface area contributed by atoms with Crippen LogP contribution in [0.15, 0.2) is 11.6 Å². The van der Waals surface area contributed by atoms with E-state index in [1.165, 1.54) is 12.8 Å². The van der Waals surface area contributed by atoms with E-state index in [0.717, 1.165) is 12.8 Å². The van der Waals surface area contributed by atoms with Crippen molar-refractivity contribution < 1.29 is 14.2 Å². The third kappa shape index (κ3) is 2.04. The molecule has 0 bridgehead atoms. The summed E-state index contributed by atoms with van der Waals surface area (Å²) in [6, 6.07) is 0. The monoisotopic (exact) mass is 294 g/mol. The van der Waals surface area contributed by atoms with Crippen LogP contribution in [0.4, 0.5) is 0 Å². The summed E-state index contributed by atoms with van der Waals surface area (Å²) in [6.07, 6.45) is 6.89. The summed E-state index contributed by atoms with van der Waals surface area (Å²) in [7, 11) is 1.81. The van der Waals surface area contributed by atoms with Crippen LogP contribution in [0.1, 0.15) is 53.4 Å². The predicted octanol–water partition coefficient (Wildman–Crippen LogP) is 4.13. The van der Waals surface area contributed by atoms with Crippen molar-refractivity contribution in [2.24, 2.45) is 23.2 Å². The van der Waals surface area contributed by atoms with Gasteiger partial charge in [-0.15, -0.1) is 0 Å². The topological polar surface area (TPSA) is 27.7 Å². The Morgan fingerprint density at radius 2 is 2.14 bits per heavy atom. The highest BCUT2D eigenvalue weighted by Gasteiger charge is 2.65. The molecule has 1 saturated carbocycles. The summed E-state index contributed by atoms with van der Waals surface area (Å²) in [6.45, 7) is 9.85. The summed E-state index contributed by atoms with van der Waals surface area (Å²) in [5.41, 5.74) is 1.81. The number of methoxy groups -OCH3 is 1. The first-order valence-corrected chi connectivity index (χ1v) is 8.53. The fourth-order valence-corrected chi connectivity index (χ4v) is 5.31. The zero-order valence-electron chi connectivity index (χ0n) is 14.1. The molecule has 0 aromatic carbocycles. The van der Waals surface area contributed by atoms with Crippen LogP contribution in [0.3, 0.4) is 0 Å². The van der Waals surface area contributed by atoms with Crippen molar-refractivity contribution in [2.75, 3.05) is 13.7 Å². The molecule has 0 spiro atoms. The zero-order valence-corrected chi connectivity index (χ0v) is 14.1. The Bertz CT molecular complexity index is 432. The Kier molecular flexibility index (Phi) is 3.96. The van der Waals surface area contributed by atoms with E-state index < -0.39 is 5.79 Å². The number of fused-ring (bicyclic) bond motifs is 3. The molecule has 3 aliphatic rings. The van der Waals surface area contributed by atoms with Crippen molar-refractivity contribution in [1.82, 2.24) is 0 Å². The molecule has 0 radical (unpaired) electrons. The molecule has 1 saturated heterocycles. The van der Waals surface area contributed by atoms with E-state index in [-0.39, 0.29) is 11.7 Å². The Labute approximate surface area is 129 Å². The SMILES string of the molecule is CCO[C@H]1O[C@@]2(OC)CCC3=CCC[C@H](C)[C@@]3(C)[C@H]2[C@@H]1C. The molecule has 2 fully saturated rings. The molecule has 6 atom stereocenters. The maximum Gasteiger partial charge on any atom is 0.175 e. The van der Waals surface area contributed by atoms with Gasteiger partial charge in [0.25, 0.3) is 0 Å². The zero-order chi connectivity index (χ0) is 15.3. The first kappa shape index (κ1) is 15.5. The van der Waals surface area contributed by atoms with Crippen molar-refractivity contribution in [3.63, 3.8) is 0 Å². The lowest BCUT2D eigenvalue weighted by Gasteiger charge is -2.55. The standard InChI is InChI=1S/C18H30O3/c1-6-20-16-13(3)15-17(4)12(2)8-7-9-14(17)10-11-18(15,19-5)21-16/h9,12-13,15-16H,6-8,10-11H2,1-5H3/t12-,13-,15+,16-,17+,18-/m0/s1. The van der Waals surface area contributed by atoms with E-state index in [4.69, 9.17) is 14.2 Å². The summed E-state index contributed by atoms with van der Waals surface area (Å²) < 4.78 is 18.2. The fourth-order valence-electron chi connectivity index (χ4n) is 5.31. The Hall–Kier alpha value is -0.380. The van der Waals surface area contributed by atoms with E-state index in [9.17, 15) is 0 Å². The van der Waals surface area contributed by atoms with Crippen molar-refractivity contribution in [3.8, 4) is 0 Å². The fraction of sp³-hybridized carbons (Fsp3) is 0.889. The quantitative estimate of drug-likeness (QED) is 0.732. The highest BCUT2D eigenvalue weighted by molar-refractivity contribution is 5.26. The molecule has 0 amide bonds. The molecule has 1 heterocycles. The molecule has 0 unspecified atom stereocenters. The summed E-state index contributed by atoms with van der Waals surface area (Å²) in [5, 5.41) is 0. The number of rotatable bonds is 3. The highest BCUT2D eigenvalue weighted by Crippen LogP contribution is 2.63. The number of ether oxygens (including phenoxy) is 3. The van der Waals surface area contributed by atoms with E-state index in [1.807, 2.05) is 6.92 Å². The van der Waals surface area contributed by atoms with Crippen LogP contribution < -0.4 is 0 Å². The third-order valence-corrected chi connectivity index (χ3v) is 6.52. The molecule has 2 aliphatic carbocycles. The largest absolute Gasteiger partial charge is 0.353 e. The smallest absolute Gasteiger partial charge is 0.175 e. The minimum atomic E-state index is -0.461. The molecule has 120 valence electrons. The lowest BCUT2D eigenvalue weighted by atomic mass is 9.52. The minimum absolute atomic E-state index is 0.134. The van der Waals surface area contributed by atoms with E-state index in [2.05, 4.69) is 26.8 Å². The number of hydrogen-bond donors (Lipinski definition) is 0. The normalized spacial score (nSPS) is 49.5. The molecule has 1 aliphatic heterocycles. The van der Waals surface area contributed by atoms with Crippen LogP contribution in [0.2, 0.25) is 0 Å². The van der Waals surface area contributed by atoms with E-state index in [1.54, 1.807) is 12.7 Å². The Balaban J connectivity index is 2.03. The molecule has 3 nitrogen and oxygen atoms in total. The van der Waals surface area contributed by atoms with Crippen molar-refractivity contribution in [3.05, 3.63) is 11.6 Å². The molecule has 0 N–H and O–H groups in total. The van der Waals surface area contributed by atoms with Crippen molar-refractivity contribution in [1.29, 1.82) is 0 Å². The second-order valence-corrected chi connectivity index (χ2v) is 7.28. The first-order valence-electron chi connectivity index (χ1n) is 8.53. The lowest BCUT2D eigenvalue weighted by molar-refractivity contribution is -0.289. The average Bonchev–Trinajstić information content (AvgIpc) is 2.76. The predicted molar refractivity (Wildman–Crippen MR) is 82.7 cm³/mol. The second-order valence-electron chi connectivity index (χ2n) is 7.28. The van der Waals surface area contributed by atoms with Gasteiger partial charge in [-0.3, -0.25) is 0 Å². The maximum absolute atomic E-state index is 6.35. The highest BCUT2D eigenvalue weighted by atomic mass is 16.8. The second kappa shape index (κ2) is 5.36. The number of allylic oxidation sites excluding steroid dienone is 2. The summed E-state index contributed by atoms with van der Waals surface area (Å²) in [4.78, 5) is 0. The summed E-state index contributed by atoms with van der Waals surface area (Å²) >= 11 is 0. The van der Waals surface area contributed by atoms with Crippen LogP contribution in [-0.2, 0) is 14.2 Å². The lowest BCUT2D eigenvalue weighted by Crippen LogP contribution is -2.54. The van der Waals surface area contributed by atoms with Crippen LogP contribution in [0.25, 0.3) is 0 Å². The molecular weight excluding hydrogens is 264 g/mol. The van der Waals surface area contributed by atoms with Gasteiger partial charge in [0, 0.05) is 32.0 Å².